The lowest BCUT2D eigenvalue weighted by atomic mass is 9.93. The summed E-state index contributed by atoms with van der Waals surface area (Å²) in [6.45, 7) is 2.23. The number of benzene rings is 2. The first-order valence-electron chi connectivity index (χ1n) is 6.69. The van der Waals surface area contributed by atoms with Crippen LogP contribution in [0.3, 0.4) is 0 Å². The Morgan fingerprint density at radius 1 is 0.900 bits per heavy atom. The molecular weight excluding hydrogens is 291 g/mol. The lowest BCUT2D eigenvalue weighted by Gasteiger charge is -2.15. The van der Waals surface area contributed by atoms with Gasteiger partial charge in [-0.3, -0.25) is 0 Å². The van der Waals surface area contributed by atoms with Crippen LogP contribution in [0.25, 0.3) is 0 Å². The van der Waals surface area contributed by atoms with E-state index in [4.69, 9.17) is 23.2 Å². The van der Waals surface area contributed by atoms with Crippen molar-refractivity contribution in [3.05, 3.63) is 69.2 Å². The second-order valence-electron chi connectivity index (χ2n) is 5.19. The second-order valence-corrected chi connectivity index (χ2v) is 6.01. The zero-order chi connectivity index (χ0) is 14.5. The van der Waals surface area contributed by atoms with E-state index in [1.165, 1.54) is 11.1 Å². The quantitative estimate of drug-likeness (QED) is 0.849. The second kappa shape index (κ2) is 7.12. The van der Waals surface area contributed by atoms with E-state index in [2.05, 4.69) is 31.2 Å². The zero-order valence-corrected chi connectivity index (χ0v) is 13.0. The average Bonchev–Trinajstić information content (AvgIpc) is 2.44. The van der Waals surface area contributed by atoms with Gasteiger partial charge in [0.15, 0.2) is 0 Å². The number of aryl methyl sites for hydroxylation is 1. The number of aliphatic hydroxyl groups excluding tert-OH is 1. The van der Waals surface area contributed by atoms with E-state index < -0.39 is 0 Å². The van der Waals surface area contributed by atoms with Crippen LogP contribution in [0.1, 0.15) is 16.7 Å². The molecule has 2 aromatic carbocycles. The maximum atomic E-state index is 9.57. The Labute approximate surface area is 130 Å². The van der Waals surface area contributed by atoms with Gasteiger partial charge in [-0.05, 0) is 48.9 Å². The number of aliphatic hydroxyl groups is 1. The number of hydrogen-bond acceptors (Lipinski definition) is 1. The maximum Gasteiger partial charge on any atom is 0.0595 e. The highest BCUT2D eigenvalue weighted by Gasteiger charge is 2.11. The number of halogens is 2. The monoisotopic (exact) mass is 308 g/mol. The first-order chi connectivity index (χ1) is 9.58. The summed E-state index contributed by atoms with van der Waals surface area (Å²) in [4.78, 5) is 0. The van der Waals surface area contributed by atoms with Crippen molar-refractivity contribution in [3.8, 4) is 0 Å². The highest BCUT2D eigenvalue weighted by Crippen LogP contribution is 2.24. The van der Waals surface area contributed by atoms with Crippen LogP contribution in [0.15, 0.2) is 42.5 Å². The summed E-state index contributed by atoms with van der Waals surface area (Å²) in [6, 6.07) is 14.1. The SMILES string of the molecule is Cc1ccc(CC(CO)Cc2ccc(Cl)c(Cl)c2)cc1. The minimum atomic E-state index is 0.161. The molecule has 0 amide bonds. The van der Waals surface area contributed by atoms with Crippen LogP contribution in [-0.2, 0) is 12.8 Å². The third-order valence-electron chi connectivity index (χ3n) is 3.41. The van der Waals surface area contributed by atoms with E-state index in [9.17, 15) is 5.11 Å². The van der Waals surface area contributed by atoms with Crippen molar-refractivity contribution in [3.63, 3.8) is 0 Å². The topological polar surface area (TPSA) is 20.2 Å². The Kier molecular flexibility index (Phi) is 5.47. The fourth-order valence-electron chi connectivity index (χ4n) is 2.26. The molecule has 106 valence electrons. The molecule has 0 aromatic heterocycles. The van der Waals surface area contributed by atoms with Crippen LogP contribution in [0, 0.1) is 12.8 Å². The van der Waals surface area contributed by atoms with E-state index >= 15 is 0 Å². The van der Waals surface area contributed by atoms with Crippen molar-refractivity contribution < 1.29 is 5.11 Å². The molecule has 0 fully saturated rings. The van der Waals surface area contributed by atoms with Crippen molar-refractivity contribution in [2.24, 2.45) is 5.92 Å². The standard InChI is InChI=1S/C17H18Cl2O/c1-12-2-4-13(5-3-12)8-15(11-20)9-14-6-7-16(18)17(19)10-14/h2-7,10,15,20H,8-9,11H2,1H3. The average molecular weight is 309 g/mol. The van der Waals surface area contributed by atoms with Crippen LogP contribution in [0.5, 0.6) is 0 Å². The predicted octanol–water partition coefficient (Wildman–Crippen LogP) is 4.70. The summed E-state index contributed by atoms with van der Waals surface area (Å²) >= 11 is 11.9. The van der Waals surface area contributed by atoms with Gasteiger partial charge in [0.25, 0.3) is 0 Å². The first-order valence-corrected chi connectivity index (χ1v) is 7.44. The third-order valence-corrected chi connectivity index (χ3v) is 4.15. The van der Waals surface area contributed by atoms with Gasteiger partial charge < -0.3 is 5.11 Å². The Hall–Kier alpha value is -1.02. The highest BCUT2D eigenvalue weighted by molar-refractivity contribution is 6.42. The van der Waals surface area contributed by atoms with E-state index in [1.807, 2.05) is 12.1 Å². The lowest BCUT2D eigenvalue weighted by molar-refractivity contribution is 0.225. The number of rotatable bonds is 5. The van der Waals surface area contributed by atoms with E-state index in [-0.39, 0.29) is 12.5 Å². The van der Waals surface area contributed by atoms with Gasteiger partial charge in [0.05, 0.1) is 10.0 Å². The predicted molar refractivity (Wildman–Crippen MR) is 85.6 cm³/mol. The molecule has 0 radical (unpaired) electrons. The first kappa shape index (κ1) is 15.4. The highest BCUT2D eigenvalue weighted by atomic mass is 35.5. The molecule has 0 saturated carbocycles. The van der Waals surface area contributed by atoms with Crippen LogP contribution in [0.4, 0.5) is 0 Å². The van der Waals surface area contributed by atoms with Crippen molar-refractivity contribution >= 4 is 23.2 Å². The fourth-order valence-corrected chi connectivity index (χ4v) is 2.58. The van der Waals surface area contributed by atoms with Gasteiger partial charge >= 0.3 is 0 Å². The molecule has 1 unspecified atom stereocenters. The third kappa shape index (κ3) is 4.24. The molecule has 0 saturated heterocycles. The molecule has 0 bridgehead atoms. The van der Waals surface area contributed by atoms with Crippen molar-refractivity contribution in [1.82, 2.24) is 0 Å². The minimum absolute atomic E-state index is 0.161. The summed E-state index contributed by atoms with van der Waals surface area (Å²) < 4.78 is 0. The Morgan fingerprint density at radius 3 is 2.10 bits per heavy atom. The van der Waals surface area contributed by atoms with Gasteiger partial charge in [-0.2, -0.15) is 0 Å². The molecule has 0 aliphatic rings. The van der Waals surface area contributed by atoms with Crippen LogP contribution < -0.4 is 0 Å². The van der Waals surface area contributed by atoms with Crippen LogP contribution >= 0.6 is 23.2 Å². The summed E-state index contributed by atoms with van der Waals surface area (Å²) in [5.41, 5.74) is 3.60. The summed E-state index contributed by atoms with van der Waals surface area (Å²) in [6.07, 6.45) is 1.65. The van der Waals surface area contributed by atoms with Crippen LogP contribution in [0.2, 0.25) is 10.0 Å². The van der Waals surface area contributed by atoms with Crippen LogP contribution in [-0.4, -0.2) is 11.7 Å². The normalized spacial score (nSPS) is 12.4. The van der Waals surface area contributed by atoms with E-state index in [0.29, 0.717) is 10.0 Å². The van der Waals surface area contributed by atoms with Crippen molar-refractivity contribution in [2.45, 2.75) is 19.8 Å². The summed E-state index contributed by atoms with van der Waals surface area (Å²) in [7, 11) is 0. The Bertz CT molecular complexity index is 564. The number of hydrogen-bond donors (Lipinski definition) is 1. The zero-order valence-electron chi connectivity index (χ0n) is 11.4. The summed E-state index contributed by atoms with van der Waals surface area (Å²) in [5.74, 6) is 0.190. The molecule has 1 N–H and O–H groups in total. The molecular formula is C17H18Cl2O. The molecule has 3 heteroatoms. The minimum Gasteiger partial charge on any atom is -0.396 e. The molecule has 0 heterocycles. The van der Waals surface area contributed by atoms with E-state index in [0.717, 1.165) is 18.4 Å². The maximum absolute atomic E-state index is 9.57. The summed E-state index contributed by atoms with van der Waals surface area (Å²) in [5, 5.41) is 10.7. The van der Waals surface area contributed by atoms with Gasteiger partial charge in [0.2, 0.25) is 0 Å². The van der Waals surface area contributed by atoms with Gasteiger partial charge in [-0.25, -0.2) is 0 Å². The van der Waals surface area contributed by atoms with Gasteiger partial charge in [0.1, 0.15) is 0 Å². The molecule has 2 rings (SSSR count). The fraction of sp³-hybridized carbons (Fsp3) is 0.294. The molecule has 1 nitrogen and oxygen atoms in total. The Morgan fingerprint density at radius 2 is 1.50 bits per heavy atom. The molecule has 20 heavy (non-hydrogen) atoms. The lowest BCUT2D eigenvalue weighted by Crippen LogP contribution is -2.13. The van der Waals surface area contributed by atoms with Gasteiger partial charge in [0, 0.05) is 6.61 Å². The molecule has 2 aromatic rings. The van der Waals surface area contributed by atoms with E-state index in [1.54, 1.807) is 6.07 Å². The smallest absolute Gasteiger partial charge is 0.0595 e. The van der Waals surface area contributed by atoms with Crippen molar-refractivity contribution in [1.29, 1.82) is 0 Å². The van der Waals surface area contributed by atoms with Gasteiger partial charge in [-0.15, -0.1) is 0 Å². The Balaban J connectivity index is 2.04. The largest absolute Gasteiger partial charge is 0.396 e. The van der Waals surface area contributed by atoms with Crippen molar-refractivity contribution in [2.75, 3.05) is 6.61 Å². The molecule has 0 aliphatic carbocycles. The molecule has 0 spiro atoms. The molecule has 0 aliphatic heterocycles. The van der Waals surface area contributed by atoms with Gasteiger partial charge in [-0.1, -0.05) is 59.1 Å². The molecule has 1 atom stereocenters.